The third-order valence-corrected chi connectivity index (χ3v) is 2.70. The molecule has 0 aliphatic heterocycles. The Bertz CT molecular complexity index is 480. The molecule has 4 heteroatoms. The van der Waals surface area contributed by atoms with Crippen LogP contribution in [0.2, 0.25) is 0 Å². The van der Waals surface area contributed by atoms with Crippen molar-refractivity contribution in [2.45, 2.75) is 51.7 Å². The number of nitrogens with zero attached hydrogens (tertiary/aromatic N) is 1. The van der Waals surface area contributed by atoms with Gasteiger partial charge in [0.15, 0.2) is 0 Å². The number of nitriles is 1. The van der Waals surface area contributed by atoms with Crippen molar-refractivity contribution in [3.05, 3.63) is 35.4 Å². The van der Waals surface area contributed by atoms with E-state index in [2.05, 4.69) is 0 Å². The van der Waals surface area contributed by atoms with Gasteiger partial charge in [-0.15, -0.1) is 0 Å². The quantitative estimate of drug-likeness (QED) is 0.838. The largest absolute Gasteiger partial charge is 0.460 e. The Morgan fingerprint density at radius 1 is 1.35 bits per heavy atom. The molecule has 0 aromatic heterocycles. The van der Waals surface area contributed by atoms with Crippen molar-refractivity contribution in [1.29, 1.82) is 5.26 Å². The molecule has 0 spiro atoms. The molecule has 1 atom stereocenters. The van der Waals surface area contributed by atoms with E-state index in [0.29, 0.717) is 24.8 Å². The van der Waals surface area contributed by atoms with E-state index in [1.54, 1.807) is 24.3 Å². The Morgan fingerprint density at radius 2 is 1.95 bits per heavy atom. The molecule has 0 heterocycles. The fourth-order valence-electron chi connectivity index (χ4n) is 1.78. The van der Waals surface area contributed by atoms with Gasteiger partial charge in [-0.05, 0) is 51.3 Å². The van der Waals surface area contributed by atoms with Crippen LogP contribution < -0.4 is 0 Å². The summed E-state index contributed by atoms with van der Waals surface area (Å²) in [5, 5.41) is 18.7. The summed E-state index contributed by atoms with van der Waals surface area (Å²) in [6.07, 6.45) is 0.733. The molecule has 1 rings (SSSR count). The second-order valence-corrected chi connectivity index (χ2v) is 5.73. The fraction of sp³-hybridized carbons (Fsp3) is 0.500. The lowest BCUT2D eigenvalue weighted by atomic mass is 10.0. The lowest BCUT2D eigenvalue weighted by molar-refractivity contribution is -0.155. The van der Waals surface area contributed by atoms with E-state index in [1.165, 1.54) is 0 Å². The second-order valence-electron chi connectivity index (χ2n) is 5.73. The van der Waals surface area contributed by atoms with E-state index >= 15 is 0 Å². The Labute approximate surface area is 120 Å². The molecular weight excluding hydrogens is 254 g/mol. The highest BCUT2D eigenvalue weighted by molar-refractivity contribution is 5.69. The van der Waals surface area contributed by atoms with Gasteiger partial charge in [0.25, 0.3) is 0 Å². The topological polar surface area (TPSA) is 70.3 Å². The molecule has 0 bridgehead atoms. The van der Waals surface area contributed by atoms with Crippen LogP contribution in [0.4, 0.5) is 0 Å². The number of aliphatic hydroxyl groups is 1. The minimum atomic E-state index is -0.620. The van der Waals surface area contributed by atoms with Crippen molar-refractivity contribution in [2.75, 3.05) is 0 Å². The lowest BCUT2D eigenvalue weighted by Crippen LogP contribution is -2.23. The maximum absolute atomic E-state index is 11.5. The zero-order valence-electron chi connectivity index (χ0n) is 12.2. The second kappa shape index (κ2) is 7.06. The molecule has 108 valence electrons. The number of carbonyl (C=O) groups is 1. The number of esters is 1. The van der Waals surface area contributed by atoms with Crippen molar-refractivity contribution in [3.8, 4) is 6.07 Å². The summed E-state index contributed by atoms with van der Waals surface area (Å²) in [4.78, 5) is 11.5. The first-order valence-corrected chi connectivity index (χ1v) is 6.72. The fourth-order valence-corrected chi connectivity index (χ4v) is 1.78. The molecule has 0 radical (unpaired) electrons. The molecule has 1 aromatic carbocycles. The average Bonchev–Trinajstić information content (AvgIpc) is 2.36. The molecule has 0 fully saturated rings. The van der Waals surface area contributed by atoms with Gasteiger partial charge in [-0.25, -0.2) is 0 Å². The van der Waals surface area contributed by atoms with Crippen LogP contribution >= 0.6 is 0 Å². The Hall–Kier alpha value is -1.86. The van der Waals surface area contributed by atoms with Crippen LogP contribution in [0.15, 0.2) is 24.3 Å². The average molecular weight is 275 g/mol. The number of ether oxygens (including phenoxy) is 1. The summed E-state index contributed by atoms with van der Waals surface area (Å²) >= 11 is 0. The summed E-state index contributed by atoms with van der Waals surface area (Å²) in [5.74, 6) is -0.246. The van der Waals surface area contributed by atoms with E-state index in [9.17, 15) is 9.90 Å². The van der Waals surface area contributed by atoms with Crippen molar-refractivity contribution in [3.63, 3.8) is 0 Å². The molecule has 0 aliphatic rings. The van der Waals surface area contributed by atoms with Gasteiger partial charge in [0, 0.05) is 6.42 Å². The van der Waals surface area contributed by atoms with Gasteiger partial charge < -0.3 is 9.84 Å². The third kappa shape index (κ3) is 5.85. The van der Waals surface area contributed by atoms with Gasteiger partial charge in [-0.1, -0.05) is 12.1 Å². The number of rotatable bonds is 5. The van der Waals surface area contributed by atoms with Gasteiger partial charge in [0.1, 0.15) is 5.60 Å². The molecule has 0 saturated heterocycles. The molecule has 0 amide bonds. The van der Waals surface area contributed by atoms with Crippen molar-refractivity contribution >= 4 is 5.97 Å². The van der Waals surface area contributed by atoms with E-state index in [4.69, 9.17) is 10.00 Å². The van der Waals surface area contributed by atoms with Crippen molar-refractivity contribution in [2.24, 2.45) is 0 Å². The van der Waals surface area contributed by atoms with Crippen LogP contribution in [0, 0.1) is 11.3 Å². The Balaban J connectivity index is 2.38. The molecule has 0 saturated carbocycles. The van der Waals surface area contributed by atoms with Crippen LogP contribution in [0.3, 0.4) is 0 Å². The lowest BCUT2D eigenvalue weighted by Gasteiger charge is -2.19. The van der Waals surface area contributed by atoms with Gasteiger partial charge in [-0.2, -0.15) is 5.26 Å². The normalized spacial score (nSPS) is 12.6. The van der Waals surface area contributed by atoms with Crippen molar-refractivity contribution < 1.29 is 14.6 Å². The van der Waals surface area contributed by atoms with Gasteiger partial charge in [-0.3, -0.25) is 4.79 Å². The van der Waals surface area contributed by atoms with Crippen LogP contribution in [0.25, 0.3) is 0 Å². The number of aliphatic hydroxyl groups excluding tert-OH is 1. The zero-order chi connectivity index (χ0) is 15.2. The predicted octanol–water partition coefficient (Wildman–Crippen LogP) is 3.10. The monoisotopic (exact) mass is 275 g/mol. The summed E-state index contributed by atoms with van der Waals surface area (Å²) < 4.78 is 5.20. The molecule has 0 aliphatic carbocycles. The standard InChI is InChI=1S/C16H21NO3/c1-16(2,3)20-15(19)6-4-5-14(18)13-9-7-12(11-17)8-10-13/h7-10,14,18H,4-6H2,1-3H3. The molecule has 1 unspecified atom stereocenters. The first kappa shape index (κ1) is 16.2. The molecule has 1 N–H and O–H groups in total. The smallest absolute Gasteiger partial charge is 0.306 e. The van der Waals surface area contributed by atoms with Crippen LogP contribution in [0.1, 0.15) is 57.3 Å². The van der Waals surface area contributed by atoms with E-state index in [1.807, 2.05) is 26.8 Å². The highest BCUT2D eigenvalue weighted by Crippen LogP contribution is 2.20. The maximum Gasteiger partial charge on any atom is 0.306 e. The van der Waals surface area contributed by atoms with Crippen molar-refractivity contribution in [1.82, 2.24) is 0 Å². The molecular formula is C16H21NO3. The van der Waals surface area contributed by atoms with Gasteiger partial charge in [0.05, 0.1) is 17.7 Å². The number of hydrogen-bond acceptors (Lipinski definition) is 4. The summed E-state index contributed by atoms with van der Waals surface area (Å²) in [6, 6.07) is 8.84. The van der Waals surface area contributed by atoms with Crippen LogP contribution in [-0.4, -0.2) is 16.7 Å². The molecule has 20 heavy (non-hydrogen) atoms. The Morgan fingerprint density at radius 3 is 2.45 bits per heavy atom. The van der Waals surface area contributed by atoms with E-state index in [-0.39, 0.29) is 5.97 Å². The summed E-state index contributed by atoms with van der Waals surface area (Å²) in [6.45, 7) is 5.49. The van der Waals surface area contributed by atoms with Crippen LogP contribution in [-0.2, 0) is 9.53 Å². The number of benzene rings is 1. The predicted molar refractivity (Wildman–Crippen MR) is 75.8 cm³/mol. The minimum Gasteiger partial charge on any atom is -0.460 e. The first-order chi connectivity index (χ1) is 9.31. The Kier molecular flexibility index (Phi) is 5.72. The molecule has 1 aromatic rings. The van der Waals surface area contributed by atoms with Gasteiger partial charge >= 0.3 is 5.97 Å². The summed E-state index contributed by atoms with van der Waals surface area (Å²) in [5.41, 5.74) is 0.853. The number of carbonyl (C=O) groups excluding carboxylic acids is 1. The summed E-state index contributed by atoms with van der Waals surface area (Å²) in [7, 11) is 0. The maximum atomic E-state index is 11.5. The minimum absolute atomic E-state index is 0.246. The first-order valence-electron chi connectivity index (χ1n) is 6.72. The highest BCUT2D eigenvalue weighted by atomic mass is 16.6. The van der Waals surface area contributed by atoms with E-state index < -0.39 is 11.7 Å². The number of hydrogen-bond donors (Lipinski definition) is 1. The van der Waals surface area contributed by atoms with Crippen LogP contribution in [0.5, 0.6) is 0 Å². The third-order valence-electron chi connectivity index (χ3n) is 2.70. The van der Waals surface area contributed by atoms with E-state index in [0.717, 1.165) is 5.56 Å². The molecule has 4 nitrogen and oxygen atoms in total. The SMILES string of the molecule is CC(C)(C)OC(=O)CCCC(O)c1ccc(C#N)cc1. The van der Waals surface area contributed by atoms with Gasteiger partial charge in [0.2, 0.25) is 0 Å². The highest BCUT2D eigenvalue weighted by Gasteiger charge is 2.16. The zero-order valence-corrected chi connectivity index (χ0v) is 12.2.